The third-order valence-corrected chi connectivity index (χ3v) is 6.28. The number of rotatable bonds is 8. The van der Waals surface area contributed by atoms with Gasteiger partial charge in [0.2, 0.25) is 0 Å². The van der Waals surface area contributed by atoms with Gasteiger partial charge < -0.3 is 9.47 Å². The Balaban J connectivity index is 1.63. The highest BCUT2D eigenvalue weighted by molar-refractivity contribution is 8.18. The number of thioether (sulfide) groups is 1. The van der Waals surface area contributed by atoms with Crippen molar-refractivity contribution in [3.8, 4) is 17.6 Å². The van der Waals surface area contributed by atoms with Crippen LogP contribution in [0.2, 0.25) is 0 Å². The molecule has 10 heteroatoms. The minimum absolute atomic E-state index is 0.0255. The smallest absolute Gasteiger partial charge is 0.293 e. The lowest BCUT2D eigenvalue weighted by molar-refractivity contribution is -0.385. The highest BCUT2D eigenvalue weighted by Gasteiger charge is 2.36. The van der Waals surface area contributed by atoms with Crippen molar-refractivity contribution in [3.05, 3.63) is 104 Å². The summed E-state index contributed by atoms with van der Waals surface area (Å²) in [5.41, 5.74) is 1.54. The number of benzene rings is 3. The van der Waals surface area contributed by atoms with Crippen LogP contribution in [-0.4, -0.2) is 28.1 Å². The summed E-state index contributed by atoms with van der Waals surface area (Å²) in [6.07, 6.45) is 1.29. The summed E-state index contributed by atoms with van der Waals surface area (Å²) in [5.74, 6) is -0.188. The van der Waals surface area contributed by atoms with Crippen LogP contribution >= 0.6 is 11.8 Å². The van der Waals surface area contributed by atoms with Crippen LogP contribution in [0.15, 0.2) is 71.6 Å². The van der Waals surface area contributed by atoms with Crippen molar-refractivity contribution in [2.45, 2.75) is 13.2 Å². The molecule has 1 heterocycles. The first-order valence-corrected chi connectivity index (χ1v) is 11.5. The van der Waals surface area contributed by atoms with Crippen molar-refractivity contribution in [2.75, 3.05) is 7.11 Å². The second-order valence-electron chi connectivity index (χ2n) is 7.63. The number of methoxy groups -OCH3 is 1. The van der Waals surface area contributed by atoms with Crippen molar-refractivity contribution in [1.82, 2.24) is 4.90 Å². The SMILES string of the molecule is COc1cc(/C=C2/SC(=O)N(Cc3ccccc3C#N)C2=O)c([N+](=O)[O-])cc1OCc1ccccc1. The van der Waals surface area contributed by atoms with E-state index >= 15 is 0 Å². The van der Waals surface area contributed by atoms with Crippen LogP contribution in [0, 0.1) is 21.4 Å². The van der Waals surface area contributed by atoms with E-state index in [1.165, 1.54) is 25.3 Å². The molecule has 1 aliphatic heterocycles. The molecule has 1 fully saturated rings. The zero-order valence-corrected chi connectivity index (χ0v) is 19.9. The first-order valence-electron chi connectivity index (χ1n) is 10.7. The van der Waals surface area contributed by atoms with E-state index in [0.717, 1.165) is 10.5 Å². The molecular formula is C26H19N3O6S. The molecule has 0 atom stereocenters. The lowest BCUT2D eigenvalue weighted by atomic mass is 10.1. The predicted octanol–water partition coefficient (Wildman–Crippen LogP) is 5.29. The average molecular weight is 502 g/mol. The second-order valence-corrected chi connectivity index (χ2v) is 8.62. The number of nitro benzene ring substituents is 1. The van der Waals surface area contributed by atoms with E-state index in [0.29, 0.717) is 22.9 Å². The Hall–Kier alpha value is -4.62. The van der Waals surface area contributed by atoms with E-state index < -0.39 is 16.1 Å². The lowest BCUT2D eigenvalue weighted by Gasteiger charge is -2.13. The zero-order valence-electron chi connectivity index (χ0n) is 19.0. The fourth-order valence-corrected chi connectivity index (χ4v) is 4.39. The minimum atomic E-state index is -0.601. The maximum absolute atomic E-state index is 13.0. The van der Waals surface area contributed by atoms with E-state index in [-0.39, 0.29) is 40.8 Å². The zero-order chi connectivity index (χ0) is 25.7. The van der Waals surface area contributed by atoms with Gasteiger partial charge in [-0.15, -0.1) is 0 Å². The molecule has 36 heavy (non-hydrogen) atoms. The minimum Gasteiger partial charge on any atom is -0.493 e. The molecule has 2 amide bonds. The van der Waals surface area contributed by atoms with Gasteiger partial charge in [-0.25, -0.2) is 0 Å². The van der Waals surface area contributed by atoms with Crippen LogP contribution < -0.4 is 9.47 Å². The molecule has 0 bridgehead atoms. The molecule has 180 valence electrons. The molecule has 1 saturated heterocycles. The van der Waals surface area contributed by atoms with Crippen LogP contribution in [0.1, 0.15) is 22.3 Å². The van der Waals surface area contributed by atoms with Gasteiger partial charge in [0, 0.05) is 0 Å². The molecule has 4 rings (SSSR count). The number of carbonyl (C=O) groups is 2. The van der Waals surface area contributed by atoms with Crippen LogP contribution in [0.4, 0.5) is 10.5 Å². The maximum atomic E-state index is 13.0. The van der Waals surface area contributed by atoms with Crippen LogP contribution in [0.3, 0.4) is 0 Å². The molecule has 1 aliphatic rings. The van der Waals surface area contributed by atoms with Gasteiger partial charge in [-0.3, -0.25) is 24.6 Å². The van der Waals surface area contributed by atoms with Gasteiger partial charge in [-0.2, -0.15) is 5.26 Å². The number of ether oxygens (including phenoxy) is 2. The first-order chi connectivity index (χ1) is 17.4. The number of carbonyl (C=O) groups excluding carboxylic acids is 2. The number of hydrogen-bond acceptors (Lipinski definition) is 8. The Labute approximate surface area is 210 Å². The Morgan fingerprint density at radius 1 is 1.08 bits per heavy atom. The summed E-state index contributed by atoms with van der Waals surface area (Å²) in [5, 5.41) is 20.6. The Morgan fingerprint density at radius 3 is 2.50 bits per heavy atom. The Morgan fingerprint density at radius 2 is 1.81 bits per heavy atom. The van der Waals surface area contributed by atoms with Gasteiger partial charge in [-0.05, 0) is 41.1 Å². The summed E-state index contributed by atoms with van der Waals surface area (Å²) < 4.78 is 11.1. The molecular weight excluding hydrogens is 482 g/mol. The molecule has 0 radical (unpaired) electrons. The number of nitriles is 1. The molecule has 0 spiro atoms. The van der Waals surface area contributed by atoms with Gasteiger partial charge in [0.25, 0.3) is 16.8 Å². The molecule has 0 unspecified atom stereocenters. The number of hydrogen-bond donors (Lipinski definition) is 0. The lowest BCUT2D eigenvalue weighted by Crippen LogP contribution is -2.27. The van der Waals surface area contributed by atoms with Gasteiger partial charge >= 0.3 is 0 Å². The molecule has 0 saturated carbocycles. The van der Waals surface area contributed by atoms with Gasteiger partial charge in [0.05, 0.1) is 46.7 Å². The third kappa shape index (κ3) is 5.21. The Bertz CT molecular complexity index is 1410. The maximum Gasteiger partial charge on any atom is 0.293 e. The van der Waals surface area contributed by atoms with E-state index in [2.05, 4.69) is 0 Å². The normalized spacial score (nSPS) is 14.1. The fraction of sp³-hybridized carbons (Fsp3) is 0.115. The van der Waals surface area contributed by atoms with Crippen LogP contribution in [-0.2, 0) is 17.9 Å². The molecule has 0 N–H and O–H groups in total. The van der Waals surface area contributed by atoms with Crippen LogP contribution in [0.25, 0.3) is 6.08 Å². The number of nitrogens with zero attached hydrogens (tertiary/aromatic N) is 3. The third-order valence-electron chi connectivity index (χ3n) is 5.37. The fourth-order valence-electron chi connectivity index (χ4n) is 3.56. The summed E-state index contributed by atoms with van der Waals surface area (Å²) in [7, 11) is 1.40. The van der Waals surface area contributed by atoms with E-state index in [1.54, 1.807) is 24.3 Å². The van der Waals surface area contributed by atoms with Crippen molar-refractivity contribution in [3.63, 3.8) is 0 Å². The van der Waals surface area contributed by atoms with Gasteiger partial charge in [-0.1, -0.05) is 48.5 Å². The monoisotopic (exact) mass is 501 g/mol. The second kappa shape index (κ2) is 10.8. The molecule has 3 aromatic carbocycles. The number of nitro groups is 1. The van der Waals surface area contributed by atoms with Crippen molar-refractivity contribution in [2.24, 2.45) is 0 Å². The van der Waals surface area contributed by atoms with Crippen LogP contribution in [0.5, 0.6) is 11.5 Å². The molecule has 9 nitrogen and oxygen atoms in total. The number of imide groups is 1. The van der Waals surface area contributed by atoms with Gasteiger partial charge in [0.1, 0.15) is 6.61 Å². The summed E-state index contributed by atoms with van der Waals surface area (Å²) >= 11 is 0.676. The molecule has 0 aromatic heterocycles. The quantitative estimate of drug-likeness (QED) is 0.232. The van der Waals surface area contributed by atoms with Crippen molar-refractivity contribution in [1.29, 1.82) is 5.26 Å². The number of amides is 2. The van der Waals surface area contributed by atoms with E-state index in [9.17, 15) is 25.0 Å². The summed E-state index contributed by atoms with van der Waals surface area (Å²) in [4.78, 5) is 37.8. The highest BCUT2D eigenvalue weighted by atomic mass is 32.2. The average Bonchev–Trinajstić information content (AvgIpc) is 3.15. The van der Waals surface area contributed by atoms with Crippen molar-refractivity contribution >= 4 is 34.7 Å². The van der Waals surface area contributed by atoms with E-state index in [1.807, 2.05) is 36.4 Å². The first kappa shape index (κ1) is 24.5. The van der Waals surface area contributed by atoms with Crippen molar-refractivity contribution < 1.29 is 24.0 Å². The predicted molar refractivity (Wildman–Crippen MR) is 133 cm³/mol. The topological polar surface area (TPSA) is 123 Å². The van der Waals surface area contributed by atoms with Gasteiger partial charge in [0.15, 0.2) is 11.5 Å². The Kier molecular flexibility index (Phi) is 7.32. The van der Waals surface area contributed by atoms with E-state index in [4.69, 9.17) is 9.47 Å². The summed E-state index contributed by atoms with van der Waals surface area (Å²) in [6, 6.07) is 20.6. The standard InChI is InChI=1S/C26H19N3O6S/c1-34-22-11-20(21(29(32)33)13-23(22)35-16-17-7-3-2-4-8-17)12-24-25(30)28(26(31)36-24)15-19-10-6-5-9-18(19)14-27/h2-13H,15-16H2,1H3/b24-12+. The molecule has 3 aromatic rings. The largest absolute Gasteiger partial charge is 0.493 e. The molecule has 0 aliphatic carbocycles. The summed E-state index contributed by atoms with van der Waals surface area (Å²) in [6.45, 7) is 0.0974. The highest BCUT2D eigenvalue weighted by Crippen LogP contribution is 2.39.